The van der Waals surface area contributed by atoms with Gasteiger partial charge in [-0.3, -0.25) is 4.79 Å². The molecule has 2 aromatic rings. The van der Waals surface area contributed by atoms with Crippen LogP contribution in [0.1, 0.15) is 10.5 Å². The van der Waals surface area contributed by atoms with Crippen LogP contribution in [0.4, 0.5) is 0 Å². The first-order valence-electron chi connectivity index (χ1n) is 7.78. The van der Waals surface area contributed by atoms with Crippen LogP contribution in [0.5, 0.6) is 0 Å². The summed E-state index contributed by atoms with van der Waals surface area (Å²) in [6.45, 7) is 2.15. The molecule has 8 heteroatoms. The van der Waals surface area contributed by atoms with Crippen LogP contribution in [-0.2, 0) is 10.0 Å². The molecule has 1 amide bonds. The fraction of sp³-hybridized carbons (Fsp3) is 0.375. The summed E-state index contributed by atoms with van der Waals surface area (Å²) in [7, 11) is -3.44. The molecule has 1 aromatic heterocycles. The van der Waals surface area contributed by atoms with E-state index >= 15 is 0 Å². The van der Waals surface area contributed by atoms with Crippen molar-refractivity contribution >= 4 is 27.3 Å². The number of thiazole rings is 1. The highest BCUT2D eigenvalue weighted by Crippen LogP contribution is 2.34. The minimum atomic E-state index is -3.44. The molecular weight excluding hydrogens is 346 g/mol. The molecule has 6 nitrogen and oxygen atoms in total. The van der Waals surface area contributed by atoms with Gasteiger partial charge in [0, 0.05) is 31.6 Å². The van der Waals surface area contributed by atoms with Crippen molar-refractivity contribution in [3.8, 4) is 0 Å². The van der Waals surface area contributed by atoms with E-state index in [1.165, 1.54) is 11.3 Å². The molecule has 0 spiro atoms. The minimum absolute atomic E-state index is 0.0527. The van der Waals surface area contributed by atoms with Crippen molar-refractivity contribution < 1.29 is 13.2 Å². The summed E-state index contributed by atoms with van der Waals surface area (Å²) in [5.74, 6) is 0.347. The van der Waals surface area contributed by atoms with E-state index in [1.807, 2.05) is 0 Å². The lowest BCUT2D eigenvalue weighted by atomic mass is 10.0. The van der Waals surface area contributed by atoms with Gasteiger partial charge in [0.25, 0.3) is 5.91 Å². The van der Waals surface area contributed by atoms with E-state index in [4.69, 9.17) is 0 Å². The van der Waals surface area contributed by atoms with Crippen LogP contribution in [0.3, 0.4) is 0 Å². The number of likely N-dealkylation sites (tertiary alicyclic amines) is 1. The third kappa shape index (κ3) is 2.64. The van der Waals surface area contributed by atoms with Gasteiger partial charge in [-0.25, -0.2) is 13.4 Å². The number of amides is 1. The second kappa shape index (κ2) is 5.94. The highest BCUT2D eigenvalue weighted by molar-refractivity contribution is 7.89. The second-order valence-electron chi connectivity index (χ2n) is 6.24. The molecule has 2 saturated heterocycles. The zero-order chi connectivity index (χ0) is 16.7. The number of benzene rings is 1. The van der Waals surface area contributed by atoms with Crippen LogP contribution in [-0.4, -0.2) is 54.7 Å². The normalized spacial score (nSPS) is 24.2. The van der Waals surface area contributed by atoms with Crippen LogP contribution in [0.2, 0.25) is 0 Å². The van der Waals surface area contributed by atoms with Gasteiger partial charge < -0.3 is 4.90 Å². The fourth-order valence-electron chi connectivity index (χ4n) is 3.53. The Kier molecular flexibility index (Phi) is 3.90. The molecule has 4 rings (SSSR count). The molecule has 2 fully saturated rings. The summed E-state index contributed by atoms with van der Waals surface area (Å²) in [6, 6.07) is 8.53. The Morgan fingerprint density at radius 2 is 1.75 bits per heavy atom. The lowest BCUT2D eigenvalue weighted by molar-refractivity contribution is 0.0774. The molecule has 2 aliphatic rings. The average molecular weight is 363 g/mol. The van der Waals surface area contributed by atoms with Crippen molar-refractivity contribution in [2.75, 3.05) is 26.2 Å². The summed E-state index contributed by atoms with van der Waals surface area (Å²) >= 11 is 1.40. The number of hydrogen-bond acceptors (Lipinski definition) is 5. The fourth-order valence-corrected chi connectivity index (χ4v) is 5.63. The lowest BCUT2D eigenvalue weighted by Crippen LogP contribution is -2.35. The van der Waals surface area contributed by atoms with E-state index in [2.05, 4.69) is 4.98 Å². The summed E-state index contributed by atoms with van der Waals surface area (Å²) < 4.78 is 27.0. The average Bonchev–Trinajstić information content (AvgIpc) is 3.30. The predicted molar refractivity (Wildman–Crippen MR) is 90.2 cm³/mol. The van der Waals surface area contributed by atoms with Gasteiger partial charge in [-0.05, 0) is 24.0 Å². The zero-order valence-corrected chi connectivity index (χ0v) is 14.5. The second-order valence-corrected chi connectivity index (χ2v) is 8.90. The summed E-state index contributed by atoms with van der Waals surface area (Å²) in [6.07, 6.45) is 0. The largest absolute Gasteiger partial charge is 0.337 e. The third-order valence-corrected chi connectivity index (χ3v) is 7.20. The van der Waals surface area contributed by atoms with Crippen LogP contribution in [0, 0.1) is 11.8 Å². The van der Waals surface area contributed by atoms with Crippen LogP contribution in [0.15, 0.2) is 46.1 Å². The molecule has 0 N–H and O–H groups in total. The SMILES string of the molecule is O=C(c1cscn1)N1CC2CN(S(=O)(=O)c3ccccc3)CC2C1. The number of rotatable bonds is 3. The first-order chi connectivity index (χ1) is 11.6. The highest BCUT2D eigenvalue weighted by Gasteiger charge is 2.45. The van der Waals surface area contributed by atoms with Crippen molar-refractivity contribution in [2.24, 2.45) is 11.8 Å². The van der Waals surface area contributed by atoms with E-state index in [1.54, 1.807) is 50.4 Å². The van der Waals surface area contributed by atoms with Gasteiger partial charge in [-0.15, -0.1) is 11.3 Å². The van der Waals surface area contributed by atoms with Crippen LogP contribution in [0.25, 0.3) is 0 Å². The molecule has 2 unspecified atom stereocenters. The molecular formula is C16H17N3O3S2. The number of aromatic nitrogens is 1. The Hall–Kier alpha value is -1.77. The molecule has 0 aliphatic carbocycles. The van der Waals surface area contributed by atoms with E-state index in [9.17, 15) is 13.2 Å². The molecule has 2 atom stereocenters. The molecule has 2 aliphatic heterocycles. The maximum atomic E-state index is 12.7. The molecule has 1 aromatic carbocycles. The van der Waals surface area contributed by atoms with E-state index in [0.717, 1.165) is 0 Å². The van der Waals surface area contributed by atoms with Crippen molar-refractivity contribution in [3.05, 3.63) is 46.9 Å². The van der Waals surface area contributed by atoms with Gasteiger partial charge in [-0.2, -0.15) is 4.31 Å². The Morgan fingerprint density at radius 1 is 1.08 bits per heavy atom. The monoisotopic (exact) mass is 363 g/mol. The molecule has 0 bridgehead atoms. The standard InChI is InChI=1S/C16H17N3O3S2/c20-16(15-10-23-11-17-15)18-6-12-8-19(9-13(12)7-18)24(21,22)14-4-2-1-3-5-14/h1-5,10-13H,6-9H2. The smallest absolute Gasteiger partial charge is 0.273 e. The van der Waals surface area contributed by atoms with Gasteiger partial charge in [0.05, 0.1) is 10.4 Å². The van der Waals surface area contributed by atoms with Gasteiger partial charge in [-0.1, -0.05) is 18.2 Å². The van der Waals surface area contributed by atoms with Crippen LogP contribution < -0.4 is 0 Å². The minimum Gasteiger partial charge on any atom is -0.337 e. The van der Waals surface area contributed by atoms with E-state index in [0.29, 0.717) is 36.8 Å². The quantitative estimate of drug-likeness (QED) is 0.829. The van der Waals surface area contributed by atoms with Crippen LogP contribution >= 0.6 is 11.3 Å². The zero-order valence-electron chi connectivity index (χ0n) is 12.9. The van der Waals surface area contributed by atoms with E-state index < -0.39 is 10.0 Å². The van der Waals surface area contributed by atoms with Crippen molar-refractivity contribution in [1.82, 2.24) is 14.2 Å². The summed E-state index contributed by atoms with van der Waals surface area (Å²) in [4.78, 5) is 18.6. The third-order valence-electron chi connectivity index (χ3n) is 4.77. The molecule has 126 valence electrons. The molecule has 24 heavy (non-hydrogen) atoms. The lowest BCUT2D eigenvalue weighted by Gasteiger charge is -2.21. The van der Waals surface area contributed by atoms with E-state index in [-0.39, 0.29) is 17.7 Å². The number of carbonyl (C=O) groups is 1. The number of sulfonamides is 1. The Balaban J connectivity index is 1.46. The van der Waals surface area contributed by atoms with Gasteiger partial charge in [0.2, 0.25) is 10.0 Å². The van der Waals surface area contributed by atoms with Gasteiger partial charge in [0.1, 0.15) is 5.69 Å². The molecule has 0 saturated carbocycles. The van der Waals surface area contributed by atoms with Crippen molar-refractivity contribution in [3.63, 3.8) is 0 Å². The number of fused-ring (bicyclic) bond motifs is 1. The van der Waals surface area contributed by atoms with Gasteiger partial charge >= 0.3 is 0 Å². The maximum Gasteiger partial charge on any atom is 0.273 e. The highest BCUT2D eigenvalue weighted by atomic mass is 32.2. The van der Waals surface area contributed by atoms with Crippen molar-refractivity contribution in [1.29, 1.82) is 0 Å². The first kappa shape index (κ1) is 15.7. The Bertz CT molecular complexity index is 823. The topological polar surface area (TPSA) is 70.6 Å². The van der Waals surface area contributed by atoms with Gasteiger partial charge in [0.15, 0.2) is 0 Å². The number of nitrogens with zero attached hydrogens (tertiary/aromatic N) is 3. The first-order valence-corrected chi connectivity index (χ1v) is 10.2. The summed E-state index contributed by atoms with van der Waals surface area (Å²) in [5, 5.41) is 1.75. The van der Waals surface area contributed by atoms with Crippen molar-refractivity contribution in [2.45, 2.75) is 4.90 Å². The summed E-state index contributed by atoms with van der Waals surface area (Å²) in [5.41, 5.74) is 2.13. The Morgan fingerprint density at radius 3 is 2.33 bits per heavy atom. The maximum absolute atomic E-state index is 12.7. The number of hydrogen-bond donors (Lipinski definition) is 0. The molecule has 0 radical (unpaired) electrons. The Labute approximate surface area is 144 Å². The predicted octanol–water partition coefficient (Wildman–Crippen LogP) is 1.54. The molecule has 3 heterocycles. The number of carbonyl (C=O) groups excluding carboxylic acids is 1.